The van der Waals surface area contributed by atoms with Crippen LogP contribution in [0.2, 0.25) is 0 Å². The standard InChI is InChI=1S/C15H16N2O3S/c18-14(16-9-10-4-3-7-20-10)8-13-15(19)17-11-5-1-2-6-12(11)21-13/h1-2,5-6,8,10H,3-4,7,9H2,(H,16,18)(H,17,19)/b13-8-. The van der Waals surface area contributed by atoms with Gasteiger partial charge in [-0.25, -0.2) is 0 Å². The van der Waals surface area contributed by atoms with Crippen molar-refractivity contribution < 1.29 is 14.3 Å². The smallest absolute Gasteiger partial charge is 0.262 e. The first-order valence-electron chi connectivity index (χ1n) is 6.92. The van der Waals surface area contributed by atoms with Gasteiger partial charge in [-0.3, -0.25) is 9.59 Å². The molecule has 0 bridgehead atoms. The third kappa shape index (κ3) is 3.46. The Kier molecular flexibility index (Phi) is 4.26. The molecule has 21 heavy (non-hydrogen) atoms. The third-order valence-electron chi connectivity index (χ3n) is 3.37. The molecule has 3 rings (SSSR count). The Hall–Kier alpha value is -1.79. The Balaban J connectivity index is 1.62. The summed E-state index contributed by atoms with van der Waals surface area (Å²) in [4.78, 5) is 25.2. The second-order valence-electron chi connectivity index (χ2n) is 4.94. The summed E-state index contributed by atoms with van der Waals surface area (Å²) >= 11 is 1.31. The van der Waals surface area contributed by atoms with Gasteiger partial charge in [0.2, 0.25) is 5.91 Å². The van der Waals surface area contributed by atoms with Gasteiger partial charge in [0, 0.05) is 24.1 Å². The minimum atomic E-state index is -0.262. The van der Waals surface area contributed by atoms with Gasteiger partial charge in [0.25, 0.3) is 5.91 Å². The molecule has 1 saturated heterocycles. The molecule has 2 amide bonds. The number of amides is 2. The molecule has 0 aromatic heterocycles. The van der Waals surface area contributed by atoms with E-state index >= 15 is 0 Å². The van der Waals surface area contributed by atoms with E-state index < -0.39 is 0 Å². The molecular formula is C15H16N2O3S. The summed E-state index contributed by atoms with van der Waals surface area (Å²) in [5.74, 6) is -0.506. The summed E-state index contributed by atoms with van der Waals surface area (Å²) in [6.45, 7) is 1.25. The normalized spacial score (nSPS) is 22.8. The summed E-state index contributed by atoms with van der Waals surface area (Å²) < 4.78 is 5.44. The zero-order valence-corrected chi connectivity index (χ0v) is 12.2. The van der Waals surface area contributed by atoms with Crippen molar-refractivity contribution in [3.8, 4) is 0 Å². The van der Waals surface area contributed by atoms with Gasteiger partial charge in [0.05, 0.1) is 16.7 Å². The van der Waals surface area contributed by atoms with Gasteiger partial charge >= 0.3 is 0 Å². The van der Waals surface area contributed by atoms with E-state index in [1.807, 2.05) is 24.3 Å². The maximum absolute atomic E-state index is 11.9. The number of benzene rings is 1. The summed E-state index contributed by atoms with van der Waals surface area (Å²) in [5.41, 5.74) is 0.782. The van der Waals surface area contributed by atoms with E-state index in [9.17, 15) is 9.59 Å². The van der Waals surface area contributed by atoms with Crippen LogP contribution in [0.5, 0.6) is 0 Å². The van der Waals surface area contributed by atoms with Crippen molar-refractivity contribution >= 4 is 29.3 Å². The van der Waals surface area contributed by atoms with E-state index in [4.69, 9.17) is 4.74 Å². The number of hydrogen-bond acceptors (Lipinski definition) is 4. The fourth-order valence-electron chi connectivity index (χ4n) is 2.29. The Labute approximate surface area is 127 Å². The van der Waals surface area contributed by atoms with Crippen LogP contribution in [0.1, 0.15) is 12.8 Å². The largest absolute Gasteiger partial charge is 0.376 e. The van der Waals surface area contributed by atoms with E-state index in [-0.39, 0.29) is 17.9 Å². The highest BCUT2D eigenvalue weighted by Crippen LogP contribution is 2.37. The van der Waals surface area contributed by atoms with Gasteiger partial charge in [0.15, 0.2) is 0 Å². The highest BCUT2D eigenvalue weighted by molar-refractivity contribution is 8.04. The highest BCUT2D eigenvalue weighted by Gasteiger charge is 2.22. The molecule has 1 fully saturated rings. The van der Waals surface area contributed by atoms with Crippen molar-refractivity contribution in [3.63, 3.8) is 0 Å². The summed E-state index contributed by atoms with van der Waals surface area (Å²) in [5, 5.41) is 5.56. The quantitative estimate of drug-likeness (QED) is 0.837. The van der Waals surface area contributed by atoms with Crippen LogP contribution in [0, 0.1) is 0 Å². The molecule has 1 aromatic carbocycles. The van der Waals surface area contributed by atoms with Gasteiger partial charge in [-0.05, 0) is 25.0 Å². The number of hydrogen-bond donors (Lipinski definition) is 2. The lowest BCUT2D eigenvalue weighted by Crippen LogP contribution is -2.31. The van der Waals surface area contributed by atoms with Crippen LogP contribution in [-0.2, 0) is 14.3 Å². The van der Waals surface area contributed by atoms with Crippen molar-refractivity contribution in [2.75, 3.05) is 18.5 Å². The van der Waals surface area contributed by atoms with Crippen molar-refractivity contribution in [1.29, 1.82) is 0 Å². The number of thioether (sulfide) groups is 1. The van der Waals surface area contributed by atoms with Crippen molar-refractivity contribution in [2.45, 2.75) is 23.8 Å². The summed E-state index contributed by atoms with van der Waals surface area (Å²) in [6.07, 6.45) is 3.46. The molecule has 0 aliphatic carbocycles. The topological polar surface area (TPSA) is 67.4 Å². The number of anilines is 1. The molecule has 110 valence electrons. The molecule has 5 nitrogen and oxygen atoms in total. The van der Waals surface area contributed by atoms with Gasteiger partial charge in [0.1, 0.15) is 0 Å². The number of ether oxygens (including phenoxy) is 1. The van der Waals surface area contributed by atoms with Crippen molar-refractivity contribution in [2.24, 2.45) is 0 Å². The zero-order valence-electron chi connectivity index (χ0n) is 11.4. The second kappa shape index (κ2) is 6.32. The molecule has 1 unspecified atom stereocenters. The van der Waals surface area contributed by atoms with Crippen LogP contribution in [0.25, 0.3) is 0 Å². The first-order valence-corrected chi connectivity index (χ1v) is 7.73. The molecule has 2 N–H and O–H groups in total. The summed E-state index contributed by atoms with van der Waals surface area (Å²) in [7, 11) is 0. The second-order valence-corrected chi connectivity index (χ2v) is 6.02. The maximum atomic E-state index is 11.9. The van der Waals surface area contributed by atoms with Crippen molar-refractivity contribution in [3.05, 3.63) is 35.2 Å². The molecule has 0 saturated carbocycles. The Bertz CT molecular complexity index is 594. The summed E-state index contributed by atoms with van der Waals surface area (Å²) in [6, 6.07) is 7.52. The monoisotopic (exact) mass is 304 g/mol. The Morgan fingerprint density at radius 1 is 1.48 bits per heavy atom. The van der Waals surface area contributed by atoms with E-state index in [1.165, 1.54) is 17.8 Å². The van der Waals surface area contributed by atoms with Gasteiger partial charge in [-0.1, -0.05) is 23.9 Å². The van der Waals surface area contributed by atoms with E-state index in [0.29, 0.717) is 11.4 Å². The lowest BCUT2D eigenvalue weighted by atomic mass is 10.2. The van der Waals surface area contributed by atoms with Crippen LogP contribution >= 0.6 is 11.8 Å². The fourth-order valence-corrected chi connectivity index (χ4v) is 3.21. The molecule has 6 heteroatoms. The third-order valence-corrected chi connectivity index (χ3v) is 4.47. The molecule has 2 heterocycles. The molecule has 1 aromatic rings. The average Bonchev–Trinajstić information content (AvgIpc) is 2.99. The number of carbonyl (C=O) groups is 2. The molecule has 0 spiro atoms. The van der Waals surface area contributed by atoms with Gasteiger partial charge in [-0.2, -0.15) is 0 Å². The van der Waals surface area contributed by atoms with Crippen LogP contribution < -0.4 is 10.6 Å². The Morgan fingerprint density at radius 3 is 3.14 bits per heavy atom. The maximum Gasteiger partial charge on any atom is 0.262 e. The number of fused-ring (bicyclic) bond motifs is 1. The van der Waals surface area contributed by atoms with Crippen LogP contribution in [0.3, 0.4) is 0 Å². The number of carbonyl (C=O) groups excluding carboxylic acids is 2. The SMILES string of the molecule is O=C(/C=C1\Sc2ccccc2NC1=O)NCC1CCCO1. The molecule has 2 aliphatic heterocycles. The number of para-hydroxylation sites is 1. The Morgan fingerprint density at radius 2 is 2.33 bits per heavy atom. The van der Waals surface area contributed by atoms with Gasteiger partial charge in [-0.15, -0.1) is 0 Å². The predicted octanol–water partition coefficient (Wildman–Crippen LogP) is 1.91. The van der Waals surface area contributed by atoms with Crippen LogP contribution in [-0.4, -0.2) is 31.1 Å². The minimum absolute atomic E-state index is 0.0981. The predicted molar refractivity (Wildman–Crippen MR) is 81.0 cm³/mol. The highest BCUT2D eigenvalue weighted by atomic mass is 32.2. The van der Waals surface area contributed by atoms with Gasteiger partial charge < -0.3 is 15.4 Å². The van der Waals surface area contributed by atoms with E-state index in [0.717, 1.165) is 30.0 Å². The fraction of sp³-hybridized carbons (Fsp3) is 0.333. The molecule has 2 aliphatic rings. The minimum Gasteiger partial charge on any atom is -0.376 e. The molecule has 1 atom stereocenters. The van der Waals surface area contributed by atoms with E-state index in [1.54, 1.807) is 0 Å². The van der Waals surface area contributed by atoms with Crippen molar-refractivity contribution in [1.82, 2.24) is 5.32 Å². The van der Waals surface area contributed by atoms with E-state index in [2.05, 4.69) is 10.6 Å². The number of nitrogens with one attached hydrogen (secondary N) is 2. The average molecular weight is 304 g/mol. The first kappa shape index (κ1) is 14.2. The van der Waals surface area contributed by atoms with Crippen LogP contribution in [0.4, 0.5) is 5.69 Å². The molecule has 0 radical (unpaired) electrons. The lowest BCUT2D eigenvalue weighted by molar-refractivity contribution is -0.117. The first-order chi connectivity index (χ1) is 10.2. The zero-order chi connectivity index (χ0) is 14.7. The lowest BCUT2D eigenvalue weighted by Gasteiger charge is -2.18. The molecular weight excluding hydrogens is 288 g/mol. The number of rotatable bonds is 3. The van der Waals surface area contributed by atoms with Crippen LogP contribution in [0.15, 0.2) is 40.1 Å².